The third-order valence-corrected chi connectivity index (χ3v) is 4.40. The van der Waals surface area contributed by atoms with E-state index in [1.807, 2.05) is 30.3 Å². The Kier molecular flexibility index (Phi) is 3.76. The van der Waals surface area contributed by atoms with Crippen LogP contribution in [0.2, 0.25) is 0 Å². The summed E-state index contributed by atoms with van der Waals surface area (Å²) in [7, 11) is 0. The number of nitriles is 1. The zero-order valence-electron chi connectivity index (χ0n) is 12.0. The Bertz CT molecular complexity index is 674. The molecule has 1 heterocycles. The SMILES string of the molecule is N#CC1(N)CCCC1CCOc1cccc2cccnc12. The number of aromatic nitrogens is 1. The maximum atomic E-state index is 9.23. The number of nitrogens with two attached hydrogens (primary N) is 1. The lowest BCUT2D eigenvalue weighted by Crippen LogP contribution is -2.42. The number of hydrogen-bond donors (Lipinski definition) is 1. The molecule has 2 N–H and O–H groups in total. The van der Waals surface area contributed by atoms with E-state index in [2.05, 4.69) is 11.1 Å². The average molecular weight is 281 g/mol. The summed E-state index contributed by atoms with van der Waals surface area (Å²) in [5.41, 5.74) is 6.36. The van der Waals surface area contributed by atoms with Crippen LogP contribution in [0.3, 0.4) is 0 Å². The van der Waals surface area contributed by atoms with Crippen molar-refractivity contribution in [2.45, 2.75) is 31.2 Å². The molecular weight excluding hydrogens is 262 g/mol. The molecule has 21 heavy (non-hydrogen) atoms. The summed E-state index contributed by atoms with van der Waals surface area (Å²) < 4.78 is 5.89. The summed E-state index contributed by atoms with van der Waals surface area (Å²) in [4.78, 5) is 4.37. The van der Waals surface area contributed by atoms with E-state index in [1.54, 1.807) is 6.20 Å². The minimum Gasteiger partial charge on any atom is -0.491 e. The highest BCUT2D eigenvalue weighted by Gasteiger charge is 2.39. The van der Waals surface area contributed by atoms with E-state index in [-0.39, 0.29) is 5.92 Å². The van der Waals surface area contributed by atoms with E-state index in [1.165, 1.54) is 0 Å². The molecule has 2 atom stereocenters. The number of ether oxygens (including phenoxy) is 1. The molecule has 2 aromatic rings. The van der Waals surface area contributed by atoms with Gasteiger partial charge in [0.15, 0.2) is 0 Å². The van der Waals surface area contributed by atoms with Crippen molar-refractivity contribution in [3.8, 4) is 11.8 Å². The van der Waals surface area contributed by atoms with Gasteiger partial charge in [0.05, 0.1) is 12.7 Å². The molecule has 0 saturated heterocycles. The van der Waals surface area contributed by atoms with Crippen LogP contribution in [0.1, 0.15) is 25.7 Å². The number of hydrogen-bond acceptors (Lipinski definition) is 4. The molecule has 1 aromatic heterocycles. The van der Waals surface area contributed by atoms with Gasteiger partial charge in [-0.2, -0.15) is 5.26 Å². The molecule has 0 radical (unpaired) electrons. The molecule has 0 amide bonds. The molecule has 2 unspecified atom stereocenters. The van der Waals surface area contributed by atoms with Crippen molar-refractivity contribution < 1.29 is 4.74 Å². The van der Waals surface area contributed by atoms with Crippen molar-refractivity contribution in [1.29, 1.82) is 5.26 Å². The van der Waals surface area contributed by atoms with Crippen LogP contribution in [0.4, 0.5) is 0 Å². The second kappa shape index (κ2) is 5.71. The fourth-order valence-electron chi connectivity index (χ4n) is 3.16. The lowest BCUT2D eigenvalue weighted by atomic mass is 9.87. The number of benzene rings is 1. The van der Waals surface area contributed by atoms with Gasteiger partial charge < -0.3 is 10.5 Å². The maximum Gasteiger partial charge on any atom is 0.145 e. The van der Waals surface area contributed by atoms with Crippen LogP contribution < -0.4 is 10.5 Å². The van der Waals surface area contributed by atoms with Crippen molar-refractivity contribution >= 4 is 10.9 Å². The smallest absolute Gasteiger partial charge is 0.145 e. The van der Waals surface area contributed by atoms with E-state index >= 15 is 0 Å². The number of nitrogens with zero attached hydrogens (tertiary/aromatic N) is 2. The first-order valence-electron chi connectivity index (χ1n) is 7.39. The molecule has 3 rings (SSSR count). The van der Waals surface area contributed by atoms with Crippen molar-refractivity contribution in [3.05, 3.63) is 36.5 Å². The van der Waals surface area contributed by atoms with Gasteiger partial charge in [0.1, 0.15) is 16.8 Å². The van der Waals surface area contributed by atoms with Crippen LogP contribution in [0.5, 0.6) is 5.75 Å². The lowest BCUT2D eigenvalue weighted by molar-refractivity contribution is 0.256. The molecule has 1 aromatic carbocycles. The van der Waals surface area contributed by atoms with Crippen LogP contribution in [0.15, 0.2) is 36.5 Å². The molecule has 0 bridgehead atoms. The quantitative estimate of drug-likeness (QED) is 0.935. The molecule has 1 saturated carbocycles. The highest BCUT2D eigenvalue weighted by Crippen LogP contribution is 2.35. The van der Waals surface area contributed by atoms with Gasteiger partial charge in [-0.3, -0.25) is 4.98 Å². The second-order valence-corrected chi connectivity index (χ2v) is 5.71. The van der Waals surface area contributed by atoms with E-state index in [0.717, 1.165) is 42.3 Å². The van der Waals surface area contributed by atoms with Crippen molar-refractivity contribution in [3.63, 3.8) is 0 Å². The van der Waals surface area contributed by atoms with Crippen LogP contribution in [-0.2, 0) is 0 Å². The molecule has 1 aliphatic rings. The van der Waals surface area contributed by atoms with Crippen LogP contribution in [0, 0.1) is 17.2 Å². The normalized spacial score (nSPS) is 24.9. The van der Waals surface area contributed by atoms with E-state index in [4.69, 9.17) is 10.5 Å². The molecular formula is C17H19N3O. The summed E-state index contributed by atoms with van der Waals surface area (Å²) >= 11 is 0. The Hall–Kier alpha value is -2.12. The van der Waals surface area contributed by atoms with Crippen LogP contribution in [-0.4, -0.2) is 17.1 Å². The zero-order chi connectivity index (χ0) is 14.7. The predicted molar refractivity (Wildman–Crippen MR) is 81.7 cm³/mol. The predicted octanol–water partition coefficient (Wildman–Crippen LogP) is 3.02. The molecule has 0 spiro atoms. The average Bonchev–Trinajstić information content (AvgIpc) is 2.89. The van der Waals surface area contributed by atoms with E-state index < -0.39 is 5.54 Å². The number of fused-ring (bicyclic) bond motifs is 1. The lowest BCUT2D eigenvalue weighted by Gasteiger charge is -2.23. The van der Waals surface area contributed by atoms with Gasteiger partial charge in [-0.05, 0) is 37.3 Å². The Morgan fingerprint density at radius 2 is 2.24 bits per heavy atom. The number of pyridine rings is 1. The molecule has 4 heteroatoms. The summed E-state index contributed by atoms with van der Waals surface area (Å²) in [6, 6.07) is 12.1. The highest BCUT2D eigenvalue weighted by molar-refractivity contribution is 5.84. The Morgan fingerprint density at radius 1 is 1.38 bits per heavy atom. The van der Waals surface area contributed by atoms with Gasteiger partial charge in [-0.1, -0.05) is 24.6 Å². The molecule has 0 aliphatic heterocycles. The summed E-state index contributed by atoms with van der Waals surface area (Å²) in [6.45, 7) is 0.570. The van der Waals surface area contributed by atoms with Gasteiger partial charge in [-0.25, -0.2) is 0 Å². The summed E-state index contributed by atoms with van der Waals surface area (Å²) in [6.07, 6.45) is 5.43. The fraction of sp³-hybridized carbons (Fsp3) is 0.412. The van der Waals surface area contributed by atoms with Crippen molar-refractivity contribution in [2.24, 2.45) is 11.7 Å². The molecule has 4 nitrogen and oxygen atoms in total. The van der Waals surface area contributed by atoms with Crippen LogP contribution >= 0.6 is 0 Å². The first-order valence-corrected chi connectivity index (χ1v) is 7.39. The molecule has 108 valence electrons. The van der Waals surface area contributed by atoms with Crippen LogP contribution in [0.25, 0.3) is 10.9 Å². The highest BCUT2D eigenvalue weighted by atomic mass is 16.5. The van der Waals surface area contributed by atoms with Crippen molar-refractivity contribution in [2.75, 3.05) is 6.61 Å². The standard InChI is InChI=1S/C17H19N3O/c18-12-17(19)9-2-6-14(17)8-11-21-15-7-1-4-13-5-3-10-20-16(13)15/h1,3-5,7,10,14H,2,6,8-9,11,19H2. The fourth-order valence-corrected chi connectivity index (χ4v) is 3.16. The zero-order valence-corrected chi connectivity index (χ0v) is 12.0. The largest absolute Gasteiger partial charge is 0.491 e. The Balaban J connectivity index is 1.67. The minimum atomic E-state index is -0.666. The van der Waals surface area contributed by atoms with Gasteiger partial charge in [0, 0.05) is 11.6 Å². The molecule has 1 aliphatic carbocycles. The first kappa shape index (κ1) is 13.8. The third-order valence-electron chi connectivity index (χ3n) is 4.40. The van der Waals surface area contributed by atoms with Crippen molar-refractivity contribution in [1.82, 2.24) is 4.98 Å². The Labute approximate surface area is 124 Å². The molecule has 1 fully saturated rings. The maximum absolute atomic E-state index is 9.23. The third kappa shape index (κ3) is 2.70. The summed E-state index contributed by atoms with van der Waals surface area (Å²) in [5.74, 6) is 1.02. The van der Waals surface area contributed by atoms with Gasteiger partial charge in [0.25, 0.3) is 0 Å². The minimum absolute atomic E-state index is 0.227. The monoisotopic (exact) mass is 281 g/mol. The number of rotatable bonds is 4. The van der Waals surface area contributed by atoms with Gasteiger partial charge in [0.2, 0.25) is 0 Å². The van der Waals surface area contributed by atoms with E-state index in [9.17, 15) is 5.26 Å². The van der Waals surface area contributed by atoms with E-state index in [0.29, 0.717) is 6.61 Å². The summed E-state index contributed by atoms with van der Waals surface area (Å²) in [5, 5.41) is 10.3. The Morgan fingerprint density at radius 3 is 3.10 bits per heavy atom. The second-order valence-electron chi connectivity index (χ2n) is 5.71. The number of para-hydroxylation sites is 1. The first-order chi connectivity index (χ1) is 10.2. The van der Waals surface area contributed by atoms with Gasteiger partial charge in [-0.15, -0.1) is 0 Å². The topological polar surface area (TPSA) is 71.9 Å². The van der Waals surface area contributed by atoms with Gasteiger partial charge >= 0.3 is 0 Å².